The van der Waals surface area contributed by atoms with Crippen LogP contribution in [0.3, 0.4) is 0 Å². The second-order valence-corrected chi connectivity index (χ2v) is 6.83. The van der Waals surface area contributed by atoms with Gasteiger partial charge in [0.15, 0.2) is 0 Å². The Kier molecular flexibility index (Phi) is 4.44. The molecule has 102 valence electrons. The maximum absolute atomic E-state index is 12.2. The van der Waals surface area contributed by atoms with Crippen LogP contribution in [0.5, 0.6) is 0 Å². The number of rotatable bonds is 5. The van der Waals surface area contributed by atoms with E-state index in [9.17, 15) is 8.42 Å². The van der Waals surface area contributed by atoms with E-state index >= 15 is 0 Å². The van der Waals surface area contributed by atoms with Crippen LogP contribution in [0, 0.1) is 0 Å². The molecule has 1 aromatic carbocycles. The van der Waals surface area contributed by atoms with Crippen LogP contribution in [-0.4, -0.2) is 14.5 Å². The molecule has 1 aromatic heterocycles. The molecule has 0 saturated carbocycles. The van der Waals surface area contributed by atoms with Crippen LogP contribution in [0.25, 0.3) is 0 Å². The third-order valence-electron chi connectivity index (χ3n) is 2.60. The minimum atomic E-state index is -3.52. The summed E-state index contributed by atoms with van der Waals surface area (Å²) in [6, 6.07) is 8.35. The maximum Gasteiger partial charge on any atom is 0.241 e. The Morgan fingerprint density at radius 2 is 2.05 bits per heavy atom. The number of halogens is 1. The van der Waals surface area contributed by atoms with Crippen molar-refractivity contribution in [3.05, 3.63) is 52.9 Å². The fourth-order valence-electron chi connectivity index (χ4n) is 1.80. The highest BCUT2D eigenvalue weighted by atomic mass is 79.9. The summed E-state index contributed by atoms with van der Waals surface area (Å²) in [5, 5.41) is 0. The molecule has 0 spiro atoms. The minimum absolute atomic E-state index is 0.213. The van der Waals surface area contributed by atoms with Gasteiger partial charge in [0.25, 0.3) is 0 Å². The number of furan rings is 1. The predicted octanol–water partition coefficient (Wildman–Crippen LogP) is 2.95. The molecule has 19 heavy (non-hydrogen) atoms. The quantitative estimate of drug-likeness (QED) is 0.907. The van der Waals surface area contributed by atoms with E-state index in [0.29, 0.717) is 10.9 Å². The van der Waals surface area contributed by atoms with Gasteiger partial charge in [0.2, 0.25) is 10.0 Å². The van der Waals surface area contributed by atoms with Gasteiger partial charge >= 0.3 is 0 Å². The van der Waals surface area contributed by atoms with Gasteiger partial charge in [0.1, 0.15) is 0 Å². The van der Waals surface area contributed by atoms with Gasteiger partial charge in [-0.1, -0.05) is 12.1 Å². The van der Waals surface area contributed by atoms with Gasteiger partial charge in [-0.25, -0.2) is 13.1 Å². The van der Waals surface area contributed by atoms with Crippen LogP contribution in [-0.2, 0) is 16.4 Å². The highest BCUT2D eigenvalue weighted by Gasteiger charge is 2.19. The van der Waals surface area contributed by atoms with Crippen LogP contribution >= 0.6 is 15.9 Å². The van der Waals surface area contributed by atoms with E-state index in [-0.39, 0.29) is 10.9 Å². The molecule has 0 bridgehead atoms. The van der Waals surface area contributed by atoms with E-state index in [0.717, 1.165) is 5.56 Å². The summed E-state index contributed by atoms with van der Waals surface area (Å²) >= 11 is 3.25. The Labute approximate surface area is 121 Å². The first kappa shape index (κ1) is 14.3. The third kappa shape index (κ3) is 3.68. The fourth-order valence-corrected chi connectivity index (χ4v) is 4.04. The summed E-state index contributed by atoms with van der Waals surface area (Å²) in [5.74, 6) is 0. The zero-order valence-electron chi connectivity index (χ0n) is 10.3. The molecule has 4 nitrogen and oxygen atoms in total. The molecule has 0 amide bonds. The standard InChI is InChI=1S/C13H14BrNO3S/c1-10(8-11-6-7-18-9-11)15-19(16,17)13-5-3-2-4-12(13)14/h2-7,9-10,15H,8H2,1H3. The van der Waals surface area contributed by atoms with Crippen molar-refractivity contribution in [2.75, 3.05) is 0 Å². The third-order valence-corrected chi connectivity index (χ3v) is 5.21. The lowest BCUT2D eigenvalue weighted by Gasteiger charge is -2.14. The molecule has 2 aromatic rings. The molecule has 2 rings (SSSR count). The maximum atomic E-state index is 12.2. The predicted molar refractivity (Wildman–Crippen MR) is 76.3 cm³/mol. The van der Waals surface area contributed by atoms with Crippen LogP contribution < -0.4 is 4.72 Å². The van der Waals surface area contributed by atoms with Crippen molar-refractivity contribution in [1.29, 1.82) is 0 Å². The number of hydrogen-bond acceptors (Lipinski definition) is 3. The van der Waals surface area contributed by atoms with E-state index in [2.05, 4.69) is 20.7 Å². The number of sulfonamides is 1. The molecule has 0 aliphatic heterocycles. The van der Waals surface area contributed by atoms with Gasteiger partial charge in [-0.3, -0.25) is 0 Å². The summed E-state index contributed by atoms with van der Waals surface area (Å²) < 4.78 is 32.6. The molecule has 6 heteroatoms. The second-order valence-electron chi connectivity index (χ2n) is 4.29. The Bertz CT molecular complexity index is 638. The number of hydrogen-bond donors (Lipinski definition) is 1. The van der Waals surface area contributed by atoms with Crippen molar-refractivity contribution in [2.45, 2.75) is 24.3 Å². The molecule has 0 radical (unpaired) electrons. The first-order valence-corrected chi connectivity index (χ1v) is 8.04. The molecule has 1 atom stereocenters. The highest BCUT2D eigenvalue weighted by Crippen LogP contribution is 2.21. The van der Waals surface area contributed by atoms with Crippen molar-refractivity contribution in [1.82, 2.24) is 4.72 Å². The van der Waals surface area contributed by atoms with E-state index in [4.69, 9.17) is 4.42 Å². The summed E-state index contributed by atoms with van der Waals surface area (Å²) in [6.07, 6.45) is 3.77. The topological polar surface area (TPSA) is 59.3 Å². The summed E-state index contributed by atoms with van der Waals surface area (Å²) in [6.45, 7) is 1.82. The molecule has 1 N–H and O–H groups in total. The van der Waals surface area contributed by atoms with Crippen LogP contribution in [0.2, 0.25) is 0 Å². The van der Waals surface area contributed by atoms with Gasteiger partial charge in [0.05, 0.1) is 17.4 Å². The molecule has 0 fully saturated rings. The molecule has 1 unspecified atom stereocenters. The van der Waals surface area contributed by atoms with E-state index < -0.39 is 10.0 Å². The molecular formula is C13H14BrNO3S. The lowest BCUT2D eigenvalue weighted by molar-refractivity contribution is 0.549. The largest absolute Gasteiger partial charge is 0.472 e. The van der Waals surface area contributed by atoms with Gasteiger partial charge < -0.3 is 4.42 Å². The SMILES string of the molecule is CC(Cc1ccoc1)NS(=O)(=O)c1ccccc1Br. The fraction of sp³-hybridized carbons (Fsp3) is 0.231. The Balaban J connectivity index is 2.11. The molecule has 0 aliphatic rings. The van der Waals surface area contributed by atoms with Crippen molar-refractivity contribution < 1.29 is 12.8 Å². The van der Waals surface area contributed by atoms with Crippen molar-refractivity contribution >= 4 is 26.0 Å². The minimum Gasteiger partial charge on any atom is -0.472 e. The van der Waals surface area contributed by atoms with E-state index in [1.165, 1.54) is 0 Å². The van der Waals surface area contributed by atoms with Gasteiger partial charge in [0, 0.05) is 10.5 Å². The van der Waals surface area contributed by atoms with Crippen LogP contribution in [0.15, 0.2) is 56.6 Å². The van der Waals surface area contributed by atoms with Gasteiger partial charge in [-0.05, 0) is 53.0 Å². The zero-order valence-corrected chi connectivity index (χ0v) is 12.7. The van der Waals surface area contributed by atoms with Gasteiger partial charge in [-0.2, -0.15) is 0 Å². The Morgan fingerprint density at radius 3 is 2.68 bits per heavy atom. The lowest BCUT2D eigenvalue weighted by atomic mass is 10.1. The molecular weight excluding hydrogens is 330 g/mol. The number of nitrogens with one attached hydrogen (secondary N) is 1. The normalized spacial score (nSPS) is 13.4. The monoisotopic (exact) mass is 343 g/mol. The molecule has 0 saturated heterocycles. The van der Waals surface area contributed by atoms with E-state index in [1.54, 1.807) is 36.8 Å². The Morgan fingerprint density at radius 1 is 1.32 bits per heavy atom. The van der Waals surface area contributed by atoms with Crippen molar-refractivity contribution in [3.8, 4) is 0 Å². The first-order valence-electron chi connectivity index (χ1n) is 5.77. The van der Waals surface area contributed by atoms with Crippen LogP contribution in [0.1, 0.15) is 12.5 Å². The average molecular weight is 344 g/mol. The number of benzene rings is 1. The first-order chi connectivity index (χ1) is 8.99. The average Bonchev–Trinajstić information content (AvgIpc) is 2.81. The molecule has 1 heterocycles. The van der Waals surface area contributed by atoms with Crippen molar-refractivity contribution in [2.24, 2.45) is 0 Å². The highest BCUT2D eigenvalue weighted by molar-refractivity contribution is 9.10. The summed E-state index contributed by atoms with van der Waals surface area (Å²) in [7, 11) is -3.52. The second kappa shape index (κ2) is 5.90. The summed E-state index contributed by atoms with van der Waals surface area (Å²) in [5.41, 5.74) is 0.960. The Hall–Kier alpha value is -1.11. The smallest absolute Gasteiger partial charge is 0.241 e. The van der Waals surface area contributed by atoms with E-state index in [1.807, 2.05) is 13.0 Å². The molecule has 0 aliphatic carbocycles. The zero-order chi connectivity index (χ0) is 13.9. The summed E-state index contributed by atoms with van der Waals surface area (Å²) in [4.78, 5) is 0.244. The van der Waals surface area contributed by atoms with Crippen LogP contribution in [0.4, 0.5) is 0 Å². The van der Waals surface area contributed by atoms with Gasteiger partial charge in [-0.15, -0.1) is 0 Å². The van der Waals surface area contributed by atoms with Crippen molar-refractivity contribution in [3.63, 3.8) is 0 Å². The lowest BCUT2D eigenvalue weighted by Crippen LogP contribution is -2.34.